The number of amides is 1. The predicted octanol–water partition coefficient (Wildman–Crippen LogP) is 2.88. The van der Waals surface area contributed by atoms with E-state index in [1.165, 1.54) is 0 Å². The lowest BCUT2D eigenvalue weighted by molar-refractivity contribution is -0.152. The van der Waals surface area contributed by atoms with E-state index in [4.69, 9.17) is 9.47 Å². The van der Waals surface area contributed by atoms with Crippen LogP contribution in [0.15, 0.2) is 12.2 Å². The highest BCUT2D eigenvalue weighted by atomic mass is 16.5. The predicted molar refractivity (Wildman–Crippen MR) is 108 cm³/mol. The van der Waals surface area contributed by atoms with Crippen molar-refractivity contribution in [3.8, 4) is 0 Å². The molecule has 7 heteroatoms. The number of rotatable bonds is 5. The highest BCUT2D eigenvalue weighted by Gasteiger charge is 2.46. The van der Waals surface area contributed by atoms with Gasteiger partial charge in [-0.15, -0.1) is 0 Å². The normalized spacial score (nSPS) is 25.6. The van der Waals surface area contributed by atoms with Crippen LogP contribution in [0.3, 0.4) is 0 Å². The zero-order valence-corrected chi connectivity index (χ0v) is 17.8. The van der Waals surface area contributed by atoms with Crippen LogP contribution in [0.4, 0.5) is 0 Å². The topological polar surface area (TPSA) is 88.7 Å². The van der Waals surface area contributed by atoms with Gasteiger partial charge in [0.05, 0.1) is 24.7 Å². The summed E-state index contributed by atoms with van der Waals surface area (Å²) in [5, 5.41) is 0. The van der Waals surface area contributed by atoms with Gasteiger partial charge in [-0.05, 0) is 51.0 Å². The smallest absolute Gasteiger partial charge is 0.355 e. The number of H-pyrrole nitrogens is 1. The van der Waals surface area contributed by atoms with E-state index in [-0.39, 0.29) is 42.2 Å². The maximum atomic E-state index is 13.3. The Morgan fingerprint density at radius 3 is 2.45 bits per heavy atom. The van der Waals surface area contributed by atoms with Crippen LogP contribution in [0, 0.1) is 37.5 Å². The van der Waals surface area contributed by atoms with Crippen molar-refractivity contribution in [2.75, 3.05) is 26.3 Å². The van der Waals surface area contributed by atoms with E-state index in [9.17, 15) is 14.4 Å². The first-order chi connectivity index (χ1) is 13.8. The Kier molecular flexibility index (Phi) is 6.15. The Hall–Kier alpha value is -2.57. The number of nitrogens with one attached hydrogen (secondary N) is 1. The first kappa shape index (κ1) is 21.1. The zero-order valence-electron chi connectivity index (χ0n) is 17.8. The van der Waals surface area contributed by atoms with Crippen molar-refractivity contribution in [1.29, 1.82) is 0 Å². The monoisotopic (exact) mass is 402 g/mol. The van der Waals surface area contributed by atoms with Crippen molar-refractivity contribution >= 4 is 17.8 Å². The molecule has 0 bridgehead atoms. The number of aromatic amines is 1. The minimum Gasteiger partial charge on any atom is -0.466 e. The van der Waals surface area contributed by atoms with Gasteiger partial charge in [-0.3, -0.25) is 9.59 Å². The molecule has 1 aliphatic heterocycles. The lowest BCUT2D eigenvalue weighted by atomic mass is 9.72. The third-order valence-electron chi connectivity index (χ3n) is 6.08. The number of aromatic nitrogens is 1. The van der Waals surface area contributed by atoms with Crippen molar-refractivity contribution in [1.82, 2.24) is 9.88 Å². The molecular formula is C22H30N2O5. The van der Waals surface area contributed by atoms with Gasteiger partial charge >= 0.3 is 11.9 Å². The molecule has 4 atom stereocenters. The molecule has 1 aliphatic carbocycles. The fourth-order valence-electron chi connectivity index (χ4n) is 4.70. The molecule has 0 radical (unpaired) electrons. The minimum absolute atomic E-state index is 0.0436. The van der Waals surface area contributed by atoms with Crippen molar-refractivity contribution in [3.05, 3.63) is 34.7 Å². The number of nitrogens with zero attached hydrogens (tertiary/aromatic N) is 1. The molecule has 0 aromatic carbocycles. The molecule has 0 saturated carbocycles. The number of carbonyl (C=O) groups excluding carboxylic acids is 3. The summed E-state index contributed by atoms with van der Waals surface area (Å²) in [4.78, 5) is 42.8. The summed E-state index contributed by atoms with van der Waals surface area (Å²) in [6, 6.07) is 0. The molecule has 2 heterocycles. The maximum Gasteiger partial charge on any atom is 0.355 e. The highest BCUT2D eigenvalue weighted by molar-refractivity contribution is 6.01. The second-order valence-electron chi connectivity index (χ2n) is 7.91. The van der Waals surface area contributed by atoms with Gasteiger partial charge in [-0.25, -0.2) is 4.79 Å². The molecule has 158 valence electrons. The average Bonchev–Trinajstić information content (AvgIpc) is 3.22. The van der Waals surface area contributed by atoms with Crippen LogP contribution in [0.1, 0.15) is 52.9 Å². The molecule has 1 N–H and O–H groups in total. The molecule has 1 saturated heterocycles. The number of hydrogen-bond acceptors (Lipinski definition) is 5. The number of allylic oxidation sites excluding steroid dienone is 1. The minimum atomic E-state index is -0.457. The first-order valence-electron chi connectivity index (χ1n) is 10.3. The Morgan fingerprint density at radius 2 is 1.79 bits per heavy atom. The van der Waals surface area contributed by atoms with E-state index in [1.54, 1.807) is 25.7 Å². The Balaban J connectivity index is 1.83. The lowest BCUT2D eigenvalue weighted by Crippen LogP contribution is -2.37. The molecule has 1 fully saturated rings. The largest absolute Gasteiger partial charge is 0.466 e. The van der Waals surface area contributed by atoms with Gasteiger partial charge < -0.3 is 19.4 Å². The van der Waals surface area contributed by atoms with Crippen LogP contribution < -0.4 is 0 Å². The average molecular weight is 402 g/mol. The van der Waals surface area contributed by atoms with E-state index < -0.39 is 5.97 Å². The van der Waals surface area contributed by atoms with Gasteiger partial charge in [0.1, 0.15) is 5.69 Å². The second-order valence-corrected chi connectivity index (χ2v) is 7.91. The summed E-state index contributed by atoms with van der Waals surface area (Å²) in [5.74, 6) is -0.753. The summed E-state index contributed by atoms with van der Waals surface area (Å²) in [6.07, 6.45) is 4.18. The van der Waals surface area contributed by atoms with Gasteiger partial charge in [0.25, 0.3) is 5.91 Å². The van der Waals surface area contributed by atoms with E-state index in [0.29, 0.717) is 42.2 Å². The SMILES string of the molecule is CCOC(=O)c1[nH]c(C)c(C(=O)N2C[C@H]3[C@H](C(=O)OCC)[C@@H](C)C=C[C@H]3C2)c1C. The van der Waals surface area contributed by atoms with Crippen LogP contribution in [0.25, 0.3) is 0 Å². The van der Waals surface area contributed by atoms with Crippen LogP contribution in [0.2, 0.25) is 0 Å². The van der Waals surface area contributed by atoms with Gasteiger partial charge in [0.2, 0.25) is 0 Å². The van der Waals surface area contributed by atoms with E-state index in [0.717, 1.165) is 0 Å². The van der Waals surface area contributed by atoms with Crippen molar-refractivity contribution < 1.29 is 23.9 Å². The Labute approximate surface area is 171 Å². The molecule has 7 nitrogen and oxygen atoms in total. The van der Waals surface area contributed by atoms with Crippen LogP contribution in [-0.4, -0.2) is 54.0 Å². The molecule has 29 heavy (non-hydrogen) atoms. The first-order valence-corrected chi connectivity index (χ1v) is 10.3. The fraction of sp³-hybridized carbons (Fsp3) is 0.591. The maximum absolute atomic E-state index is 13.3. The van der Waals surface area contributed by atoms with Crippen molar-refractivity contribution in [2.45, 2.75) is 34.6 Å². The quantitative estimate of drug-likeness (QED) is 0.604. The number of esters is 2. The van der Waals surface area contributed by atoms with Crippen LogP contribution in [-0.2, 0) is 14.3 Å². The summed E-state index contributed by atoms with van der Waals surface area (Å²) in [6.45, 7) is 10.8. The van der Waals surface area contributed by atoms with Gasteiger partial charge in [-0.1, -0.05) is 19.1 Å². The zero-order chi connectivity index (χ0) is 21.3. The Bertz CT molecular complexity index is 841. The summed E-state index contributed by atoms with van der Waals surface area (Å²) < 4.78 is 10.4. The van der Waals surface area contributed by atoms with Crippen LogP contribution >= 0.6 is 0 Å². The summed E-state index contributed by atoms with van der Waals surface area (Å²) in [5.41, 5.74) is 2.08. The molecule has 1 aromatic rings. The molecule has 1 aromatic heterocycles. The van der Waals surface area contributed by atoms with Gasteiger partial charge in [-0.2, -0.15) is 0 Å². The number of fused-ring (bicyclic) bond motifs is 1. The third kappa shape index (κ3) is 3.82. The number of aryl methyl sites for hydroxylation is 1. The van der Waals surface area contributed by atoms with Gasteiger partial charge in [0, 0.05) is 18.8 Å². The number of likely N-dealkylation sites (tertiary alicyclic amines) is 1. The molecule has 0 unspecified atom stereocenters. The molecule has 2 aliphatic rings. The van der Waals surface area contributed by atoms with E-state index in [1.807, 2.05) is 13.8 Å². The number of carbonyl (C=O) groups is 3. The molecule has 3 rings (SSSR count). The van der Waals surface area contributed by atoms with Crippen molar-refractivity contribution in [3.63, 3.8) is 0 Å². The van der Waals surface area contributed by atoms with Crippen LogP contribution in [0.5, 0.6) is 0 Å². The highest BCUT2D eigenvalue weighted by Crippen LogP contribution is 2.40. The number of hydrogen-bond donors (Lipinski definition) is 1. The Morgan fingerprint density at radius 1 is 1.10 bits per heavy atom. The molecule has 0 spiro atoms. The number of ether oxygens (including phenoxy) is 2. The van der Waals surface area contributed by atoms with E-state index in [2.05, 4.69) is 17.1 Å². The van der Waals surface area contributed by atoms with Crippen molar-refractivity contribution in [2.24, 2.45) is 23.7 Å². The van der Waals surface area contributed by atoms with E-state index >= 15 is 0 Å². The standard InChI is InChI=1S/C22H30N2O5/c1-6-28-21(26)17-12(3)8-9-15-10-24(11-16(15)17)20(25)18-13(4)19(23-14(18)5)22(27)29-7-2/h8-9,12,15-17,23H,6-7,10-11H2,1-5H3/t12-,15-,16+,17+/m0/s1. The third-order valence-corrected chi connectivity index (χ3v) is 6.08. The summed E-state index contributed by atoms with van der Waals surface area (Å²) >= 11 is 0. The van der Waals surface area contributed by atoms with Gasteiger partial charge in [0.15, 0.2) is 0 Å². The molecule has 1 amide bonds. The second kappa shape index (κ2) is 8.43. The fourth-order valence-corrected chi connectivity index (χ4v) is 4.70. The summed E-state index contributed by atoms with van der Waals surface area (Å²) in [7, 11) is 0. The molecular weight excluding hydrogens is 372 g/mol. The lowest BCUT2D eigenvalue weighted by Gasteiger charge is -2.31.